The van der Waals surface area contributed by atoms with E-state index in [2.05, 4.69) is 9.72 Å². The summed E-state index contributed by atoms with van der Waals surface area (Å²) in [6, 6.07) is 3.23. The number of alkyl halides is 3. The molecule has 0 aromatic carbocycles. The Morgan fingerprint density at radius 3 is 2.56 bits per heavy atom. The van der Waals surface area contributed by atoms with Crippen LogP contribution in [0.5, 0.6) is 5.88 Å². The Balaban J connectivity index is 1.64. The minimum Gasteiger partial charge on any atom is -0.472 e. The average molecular weight is 422 g/mol. The molecule has 1 aliphatic rings. The van der Waals surface area contributed by atoms with Crippen molar-refractivity contribution in [2.24, 2.45) is 0 Å². The second-order valence-electron chi connectivity index (χ2n) is 5.55. The molecule has 0 saturated carbocycles. The number of halogens is 3. The smallest absolute Gasteiger partial charge is 0.417 e. The first kappa shape index (κ1) is 19.6. The van der Waals surface area contributed by atoms with E-state index in [1.807, 2.05) is 0 Å². The Bertz CT molecular complexity index is 935. The largest absolute Gasteiger partial charge is 0.472 e. The third-order valence-electron chi connectivity index (χ3n) is 3.78. The van der Waals surface area contributed by atoms with E-state index < -0.39 is 33.8 Å². The molecule has 0 atom stereocenters. The Morgan fingerprint density at radius 1 is 1.30 bits per heavy atom. The number of pyridine rings is 1. The van der Waals surface area contributed by atoms with Gasteiger partial charge < -0.3 is 9.47 Å². The van der Waals surface area contributed by atoms with Crippen molar-refractivity contribution in [2.45, 2.75) is 17.2 Å². The highest BCUT2D eigenvalue weighted by atomic mass is 32.2. The van der Waals surface area contributed by atoms with Gasteiger partial charge in [0.2, 0.25) is 15.9 Å². The van der Waals surface area contributed by atoms with Crippen LogP contribution >= 0.6 is 11.3 Å². The number of sulfonamides is 1. The van der Waals surface area contributed by atoms with Crippen molar-refractivity contribution in [3.63, 3.8) is 0 Å². The zero-order valence-electron chi connectivity index (χ0n) is 13.8. The quantitative estimate of drug-likeness (QED) is 0.688. The van der Waals surface area contributed by atoms with Crippen LogP contribution in [-0.4, -0.2) is 50.0 Å². The van der Waals surface area contributed by atoms with E-state index in [4.69, 9.17) is 4.74 Å². The van der Waals surface area contributed by atoms with Crippen LogP contribution in [0.2, 0.25) is 0 Å². The summed E-state index contributed by atoms with van der Waals surface area (Å²) in [7, 11) is -2.75. The minimum absolute atomic E-state index is 0.0124. The van der Waals surface area contributed by atoms with Gasteiger partial charge in [0.1, 0.15) is 15.9 Å². The second-order valence-corrected chi connectivity index (χ2v) is 8.37. The van der Waals surface area contributed by atoms with Crippen molar-refractivity contribution in [3.05, 3.63) is 40.2 Å². The molecule has 3 heterocycles. The van der Waals surface area contributed by atoms with Crippen LogP contribution in [0, 0.1) is 0 Å². The van der Waals surface area contributed by atoms with E-state index in [1.54, 1.807) is 0 Å². The zero-order chi connectivity index (χ0) is 19.8. The average Bonchev–Trinajstić information content (AvgIpc) is 3.07. The first-order valence-corrected chi connectivity index (χ1v) is 9.80. The third-order valence-corrected chi connectivity index (χ3v) is 6.68. The van der Waals surface area contributed by atoms with Gasteiger partial charge in [-0.3, -0.25) is 0 Å². The Hall–Kier alpha value is -2.18. The Kier molecular flexibility index (Phi) is 5.14. The lowest BCUT2D eigenvalue weighted by atomic mass is 10.2. The number of aromatic nitrogens is 1. The van der Waals surface area contributed by atoms with E-state index in [1.165, 1.54) is 11.4 Å². The second kappa shape index (κ2) is 7.09. The SMILES string of the molecule is COC(=O)c1sccc1S(=O)(=O)N1CC(Oc2ccc(C(F)(F)F)cn2)C1. The van der Waals surface area contributed by atoms with E-state index in [0.717, 1.165) is 34.9 Å². The number of esters is 1. The normalized spacial score (nSPS) is 16.0. The van der Waals surface area contributed by atoms with Gasteiger partial charge >= 0.3 is 12.1 Å². The van der Waals surface area contributed by atoms with E-state index in [-0.39, 0.29) is 28.7 Å². The molecule has 7 nitrogen and oxygen atoms in total. The molecule has 146 valence electrons. The molecular weight excluding hydrogens is 409 g/mol. The molecule has 2 aromatic rings. The van der Waals surface area contributed by atoms with E-state index >= 15 is 0 Å². The highest BCUT2D eigenvalue weighted by Gasteiger charge is 2.40. The molecule has 2 aromatic heterocycles. The summed E-state index contributed by atoms with van der Waals surface area (Å²) in [6.07, 6.45) is -4.40. The molecule has 1 aliphatic heterocycles. The van der Waals surface area contributed by atoms with Gasteiger partial charge in [-0.15, -0.1) is 11.3 Å². The lowest BCUT2D eigenvalue weighted by molar-refractivity contribution is -0.137. The predicted molar refractivity (Wildman–Crippen MR) is 88.1 cm³/mol. The number of thiophene rings is 1. The maximum Gasteiger partial charge on any atom is 0.417 e. The molecule has 12 heteroatoms. The van der Waals surface area contributed by atoms with Crippen LogP contribution in [0.1, 0.15) is 15.2 Å². The number of ether oxygens (including phenoxy) is 2. The minimum atomic E-state index is -4.50. The molecule has 0 aliphatic carbocycles. The number of rotatable bonds is 5. The van der Waals surface area contributed by atoms with Crippen LogP contribution in [-0.2, 0) is 20.9 Å². The lowest BCUT2D eigenvalue weighted by Crippen LogP contribution is -2.56. The predicted octanol–water partition coefficient (Wildman–Crippen LogP) is 2.40. The standard InChI is InChI=1S/C15H13F3N2O5S2/c1-24-14(21)13-11(4-5-26-13)27(22,23)20-7-10(8-20)25-12-3-2-9(6-19-12)15(16,17)18/h2-6,10H,7-8H2,1H3. The first-order valence-electron chi connectivity index (χ1n) is 7.49. The molecule has 0 bridgehead atoms. The summed E-state index contributed by atoms with van der Waals surface area (Å²) in [5, 5.41) is 1.47. The molecule has 1 fully saturated rings. The summed E-state index contributed by atoms with van der Waals surface area (Å²) < 4.78 is 73.8. The summed E-state index contributed by atoms with van der Waals surface area (Å²) in [5.41, 5.74) is -0.902. The van der Waals surface area contributed by atoms with Gasteiger partial charge in [-0.05, 0) is 17.5 Å². The zero-order valence-corrected chi connectivity index (χ0v) is 15.4. The highest BCUT2D eigenvalue weighted by Crippen LogP contribution is 2.31. The summed E-state index contributed by atoms with van der Waals surface area (Å²) in [5.74, 6) is -0.776. The molecular formula is C15H13F3N2O5S2. The maximum absolute atomic E-state index is 12.6. The van der Waals surface area contributed by atoms with Gasteiger partial charge in [-0.25, -0.2) is 18.2 Å². The summed E-state index contributed by atoms with van der Waals surface area (Å²) in [6.45, 7) is -0.0248. The fourth-order valence-corrected chi connectivity index (χ4v) is 5.15. The van der Waals surface area contributed by atoms with Crippen molar-refractivity contribution < 1.29 is 35.9 Å². The highest BCUT2D eigenvalue weighted by molar-refractivity contribution is 7.89. The molecule has 0 amide bonds. The van der Waals surface area contributed by atoms with Crippen molar-refractivity contribution >= 4 is 27.3 Å². The molecule has 27 heavy (non-hydrogen) atoms. The number of nitrogens with zero attached hydrogens (tertiary/aromatic N) is 2. The number of hydrogen-bond acceptors (Lipinski definition) is 7. The lowest BCUT2D eigenvalue weighted by Gasteiger charge is -2.37. The van der Waals surface area contributed by atoms with Crippen LogP contribution < -0.4 is 4.74 Å². The molecule has 0 N–H and O–H groups in total. The van der Waals surface area contributed by atoms with Crippen LogP contribution in [0.3, 0.4) is 0 Å². The number of carbonyl (C=O) groups excluding carboxylic acids is 1. The van der Waals surface area contributed by atoms with Gasteiger partial charge in [-0.2, -0.15) is 17.5 Å². The summed E-state index contributed by atoms with van der Waals surface area (Å²) in [4.78, 5) is 15.1. The topological polar surface area (TPSA) is 85.8 Å². The monoisotopic (exact) mass is 422 g/mol. The van der Waals surface area contributed by atoms with Crippen molar-refractivity contribution in [1.82, 2.24) is 9.29 Å². The Labute approximate surface area is 156 Å². The first-order chi connectivity index (χ1) is 12.6. The summed E-state index contributed by atoms with van der Waals surface area (Å²) >= 11 is 0.954. The van der Waals surface area contributed by atoms with Gasteiger partial charge in [0.05, 0.1) is 25.8 Å². The van der Waals surface area contributed by atoms with Gasteiger partial charge in [0, 0.05) is 12.3 Å². The number of carbonyl (C=O) groups is 1. The van der Waals surface area contributed by atoms with Crippen molar-refractivity contribution in [2.75, 3.05) is 20.2 Å². The van der Waals surface area contributed by atoms with E-state index in [9.17, 15) is 26.4 Å². The molecule has 3 rings (SSSR count). The third kappa shape index (κ3) is 3.92. The fraction of sp³-hybridized carbons (Fsp3) is 0.333. The molecule has 1 saturated heterocycles. The van der Waals surface area contributed by atoms with Crippen LogP contribution in [0.25, 0.3) is 0 Å². The van der Waals surface area contributed by atoms with Crippen LogP contribution in [0.4, 0.5) is 13.2 Å². The fourth-order valence-electron chi connectivity index (χ4n) is 2.34. The van der Waals surface area contributed by atoms with E-state index in [0.29, 0.717) is 6.20 Å². The Morgan fingerprint density at radius 2 is 2.00 bits per heavy atom. The molecule has 0 unspecified atom stereocenters. The van der Waals surface area contributed by atoms with Gasteiger partial charge in [-0.1, -0.05) is 0 Å². The van der Waals surface area contributed by atoms with Crippen LogP contribution in [0.15, 0.2) is 34.7 Å². The van der Waals surface area contributed by atoms with Crippen molar-refractivity contribution in [3.8, 4) is 5.88 Å². The number of hydrogen-bond donors (Lipinski definition) is 0. The number of methoxy groups -OCH3 is 1. The van der Waals surface area contributed by atoms with Crippen molar-refractivity contribution in [1.29, 1.82) is 0 Å². The molecule has 0 spiro atoms. The maximum atomic E-state index is 12.6. The molecule has 0 radical (unpaired) electrons. The van der Waals surface area contributed by atoms with Gasteiger partial charge in [0.15, 0.2) is 0 Å². The van der Waals surface area contributed by atoms with Gasteiger partial charge in [0.25, 0.3) is 0 Å².